The van der Waals surface area contributed by atoms with Crippen molar-refractivity contribution in [2.75, 3.05) is 18.4 Å². The smallest absolute Gasteiger partial charge is 0.149 e. The van der Waals surface area contributed by atoms with Crippen LogP contribution in [0.5, 0.6) is 0 Å². The number of rotatable bonds is 4. The van der Waals surface area contributed by atoms with Crippen molar-refractivity contribution in [2.24, 2.45) is 5.73 Å². The third-order valence-corrected chi connectivity index (χ3v) is 1.65. The zero-order chi connectivity index (χ0) is 9.68. The molecule has 2 nitrogen and oxygen atoms in total. The predicted octanol–water partition coefficient (Wildman–Crippen LogP) is 1.73. The monoisotopic (exact) mass is 186 g/mol. The average molecular weight is 186 g/mol. The van der Waals surface area contributed by atoms with Crippen molar-refractivity contribution in [3.8, 4) is 0 Å². The van der Waals surface area contributed by atoms with E-state index in [2.05, 4.69) is 5.32 Å². The number of hydrogen-bond acceptors (Lipinski definition) is 2. The molecule has 4 heteroatoms. The van der Waals surface area contributed by atoms with Crippen LogP contribution >= 0.6 is 0 Å². The number of nitrogens with two attached hydrogens (primary N) is 1. The molecule has 0 bridgehead atoms. The second-order valence-electron chi connectivity index (χ2n) is 2.67. The highest BCUT2D eigenvalue weighted by atomic mass is 19.1. The number of benzene rings is 1. The molecular formula is C9H12F2N2. The Hall–Kier alpha value is -1.16. The van der Waals surface area contributed by atoms with Crippen LogP contribution in [0.2, 0.25) is 0 Å². The molecule has 72 valence electrons. The molecule has 0 aliphatic carbocycles. The summed E-state index contributed by atoms with van der Waals surface area (Å²) in [4.78, 5) is 0. The standard InChI is InChI=1S/C9H12F2N2/c10-7-3-1-4-8(11)9(7)13-6-2-5-12/h1,3-4,13H,2,5-6,12H2. The molecule has 0 saturated carbocycles. The largest absolute Gasteiger partial charge is 0.380 e. The van der Waals surface area contributed by atoms with Crippen molar-refractivity contribution in [1.82, 2.24) is 0 Å². The highest BCUT2D eigenvalue weighted by Crippen LogP contribution is 2.17. The maximum Gasteiger partial charge on any atom is 0.149 e. The highest BCUT2D eigenvalue weighted by Gasteiger charge is 2.05. The van der Waals surface area contributed by atoms with E-state index in [0.29, 0.717) is 19.5 Å². The van der Waals surface area contributed by atoms with Gasteiger partial charge in [-0.2, -0.15) is 0 Å². The second kappa shape index (κ2) is 4.77. The van der Waals surface area contributed by atoms with E-state index >= 15 is 0 Å². The van der Waals surface area contributed by atoms with Gasteiger partial charge in [0.2, 0.25) is 0 Å². The third-order valence-electron chi connectivity index (χ3n) is 1.65. The van der Waals surface area contributed by atoms with Crippen LogP contribution < -0.4 is 11.1 Å². The Morgan fingerprint density at radius 3 is 2.38 bits per heavy atom. The summed E-state index contributed by atoms with van der Waals surface area (Å²) in [6.07, 6.45) is 0.688. The summed E-state index contributed by atoms with van der Waals surface area (Å²) in [5, 5.41) is 2.65. The van der Waals surface area contributed by atoms with Crippen LogP contribution in [0.1, 0.15) is 6.42 Å². The number of halogens is 2. The molecule has 0 atom stereocenters. The third kappa shape index (κ3) is 2.66. The quantitative estimate of drug-likeness (QED) is 0.703. The molecule has 0 fully saturated rings. The lowest BCUT2D eigenvalue weighted by Crippen LogP contribution is -2.10. The zero-order valence-electron chi connectivity index (χ0n) is 7.19. The first-order valence-corrected chi connectivity index (χ1v) is 4.13. The Kier molecular flexibility index (Phi) is 3.64. The van der Waals surface area contributed by atoms with Gasteiger partial charge in [0, 0.05) is 6.54 Å². The van der Waals surface area contributed by atoms with Gasteiger partial charge in [-0.1, -0.05) is 6.07 Å². The molecule has 0 amide bonds. The molecule has 0 saturated heterocycles. The first-order valence-electron chi connectivity index (χ1n) is 4.13. The fraction of sp³-hybridized carbons (Fsp3) is 0.333. The van der Waals surface area contributed by atoms with E-state index in [4.69, 9.17) is 5.73 Å². The van der Waals surface area contributed by atoms with Crippen LogP contribution in [0.4, 0.5) is 14.5 Å². The number of hydrogen-bond donors (Lipinski definition) is 2. The molecule has 0 unspecified atom stereocenters. The molecule has 1 aromatic carbocycles. The van der Waals surface area contributed by atoms with E-state index in [9.17, 15) is 8.78 Å². The van der Waals surface area contributed by atoms with Gasteiger partial charge in [0.1, 0.15) is 17.3 Å². The van der Waals surface area contributed by atoms with E-state index in [0.717, 1.165) is 0 Å². The number of para-hydroxylation sites is 1. The molecule has 0 aromatic heterocycles. The molecule has 0 radical (unpaired) electrons. The zero-order valence-corrected chi connectivity index (χ0v) is 7.19. The lowest BCUT2D eigenvalue weighted by molar-refractivity contribution is 0.587. The molecule has 13 heavy (non-hydrogen) atoms. The fourth-order valence-corrected chi connectivity index (χ4v) is 0.982. The summed E-state index contributed by atoms with van der Waals surface area (Å²) in [5.41, 5.74) is 5.17. The molecule has 0 aliphatic heterocycles. The first-order chi connectivity index (χ1) is 6.25. The van der Waals surface area contributed by atoms with Gasteiger partial charge in [0.15, 0.2) is 0 Å². The first kappa shape index (κ1) is 9.92. The van der Waals surface area contributed by atoms with Gasteiger partial charge in [0.05, 0.1) is 0 Å². The van der Waals surface area contributed by atoms with Crippen LogP contribution in [0.15, 0.2) is 18.2 Å². The van der Waals surface area contributed by atoms with E-state index in [1.165, 1.54) is 18.2 Å². The van der Waals surface area contributed by atoms with Gasteiger partial charge < -0.3 is 11.1 Å². The van der Waals surface area contributed by atoms with Crippen molar-refractivity contribution >= 4 is 5.69 Å². The molecule has 1 aromatic rings. The second-order valence-corrected chi connectivity index (χ2v) is 2.67. The van der Waals surface area contributed by atoms with Gasteiger partial charge in [-0.25, -0.2) is 8.78 Å². The SMILES string of the molecule is NCCCNc1c(F)cccc1F. The maximum absolute atomic E-state index is 12.9. The van der Waals surface area contributed by atoms with Crippen molar-refractivity contribution < 1.29 is 8.78 Å². The Balaban J connectivity index is 2.64. The van der Waals surface area contributed by atoms with Crippen LogP contribution in [-0.2, 0) is 0 Å². The van der Waals surface area contributed by atoms with Gasteiger partial charge in [-0.15, -0.1) is 0 Å². The van der Waals surface area contributed by atoms with Crippen molar-refractivity contribution in [3.05, 3.63) is 29.8 Å². The van der Waals surface area contributed by atoms with Crippen LogP contribution in [0.25, 0.3) is 0 Å². The lowest BCUT2D eigenvalue weighted by atomic mass is 10.3. The van der Waals surface area contributed by atoms with Crippen LogP contribution in [-0.4, -0.2) is 13.1 Å². The minimum Gasteiger partial charge on any atom is -0.380 e. The summed E-state index contributed by atoms with van der Waals surface area (Å²) in [6.45, 7) is 0.984. The number of nitrogens with one attached hydrogen (secondary N) is 1. The van der Waals surface area contributed by atoms with Gasteiger partial charge >= 0.3 is 0 Å². The topological polar surface area (TPSA) is 38.0 Å². The van der Waals surface area contributed by atoms with Gasteiger partial charge in [0.25, 0.3) is 0 Å². The van der Waals surface area contributed by atoms with Gasteiger partial charge in [-0.05, 0) is 25.1 Å². The Morgan fingerprint density at radius 1 is 1.23 bits per heavy atom. The normalized spacial score (nSPS) is 10.1. The summed E-state index contributed by atoms with van der Waals surface area (Å²) in [7, 11) is 0. The Labute approximate surface area is 75.7 Å². The fourth-order valence-electron chi connectivity index (χ4n) is 0.982. The molecule has 0 aliphatic rings. The Morgan fingerprint density at radius 2 is 1.85 bits per heavy atom. The molecule has 0 spiro atoms. The van der Waals surface area contributed by atoms with Gasteiger partial charge in [-0.3, -0.25) is 0 Å². The molecule has 3 N–H and O–H groups in total. The maximum atomic E-state index is 12.9. The van der Waals surface area contributed by atoms with Crippen molar-refractivity contribution in [3.63, 3.8) is 0 Å². The van der Waals surface area contributed by atoms with Crippen LogP contribution in [0.3, 0.4) is 0 Å². The van der Waals surface area contributed by atoms with E-state index in [1.807, 2.05) is 0 Å². The predicted molar refractivity (Wildman–Crippen MR) is 48.5 cm³/mol. The highest BCUT2D eigenvalue weighted by molar-refractivity contribution is 5.45. The van der Waals surface area contributed by atoms with E-state index in [-0.39, 0.29) is 5.69 Å². The minimum absolute atomic E-state index is 0.0732. The average Bonchev–Trinajstić information content (AvgIpc) is 2.10. The summed E-state index contributed by atoms with van der Waals surface area (Å²) in [6, 6.07) is 3.76. The molecule has 0 heterocycles. The van der Waals surface area contributed by atoms with Crippen LogP contribution in [0, 0.1) is 11.6 Å². The molecular weight excluding hydrogens is 174 g/mol. The van der Waals surface area contributed by atoms with E-state index in [1.54, 1.807) is 0 Å². The molecule has 1 rings (SSSR count). The lowest BCUT2D eigenvalue weighted by Gasteiger charge is -2.07. The van der Waals surface area contributed by atoms with E-state index < -0.39 is 11.6 Å². The summed E-state index contributed by atoms with van der Waals surface area (Å²) in [5.74, 6) is -1.14. The minimum atomic E-state index is -0.572. The summed E-state index contributed by atoms with van der Waals surface area (Å²) < 4.78 is 25.9. The number of anilines is 1. The summed E-state index contributed by atoms with van der Waals surface area (Å²) >= 11 is 0. The van der Waals surface area contributed by atoms with Crippen molar-refractivity contribution in [2.45, 2.75) is 6.42 Å². The Bertz CT molecular complexity index is 256. The van der Waals surface area contributed by atoms with Crippen molar-refractivity contribution in [1.29, 1.82) is 0 Å².